The second-order valence-electron chi connectivity index (χ2n) is 14.7. The number of rotatable bonds is 10. The van der Waals surface area contributed by atoms with Gasteiger partial charge in [0, 0.05) is 32.7 Å². The van der Waals surface area contributed by atoms with Gasteiger partial charge < -0.3 is 30.7 Å². The van der Waals surface area contributed by atoms with Crippen LogP contribution in [-0.4, -0.2) is 112 Å². The molecule has 2 aliphatic heterocycles. The first-order valence-corrected chi connectivity index (χ1v) is 15.9. The Hall–Kier alpha value is -2.69. The topological polar surface area (TPSA) is 136 Å². The average Bonchev–Trinajstić information content (AvgIpc) is 3.59. The van der Waals surface area contributed by atoms with Gasteiger partial charge >= 0.3 is 0 Å². The van der Waals surface area contributed by atoms with Crippen LogP contribution in [0.5, 0.6) is 0 Å². The Kier molecular flexibility index (Phi) is 11.8. The molecule has 0 aromatic carbocycles. The molecule has 0 aliphatic carbocycles. The molecule has 0 aromatic rings. The van der Waals surface area contributed by atoms with Crippen molar-refractivity contribution in [1.29, 1.82) is 0 Å². The van der Waals surface area contributed by atoms with Crippen molar-refractivity contribution in [2.45, 2.75) is 130 Å². The minimum atomic E-state index is -1.25. The van der Waals surface area contributed by atoms with Crippen LogP contribution in [0.25, 0.3) is 0 Å². The highest BCUT2D eigenvalue weighted by Crippen LogP contribution is 2.31. The number of hydrogen-bond acceptors (Lipinski definition) is 6. The molecule has 2 fully saturated rings. The molecule has 2 rings (SSSR count). The minimum Gasteiger partial charge on any atom is -0.350 e. The number of nitrogens with zero attached hydrogens (tertiary/aromatic N) is 4. The van der Waals surface area contributed by atoms with Crippen molar-refractivity contribution in [2.24, 2.45) is 23.5 Å². The molecule has 2 saturated heterocycles. The SMILES string of the molecule is CC(C)[C@H](N)C(=O)N(C)[C@](C)(C(=O)N(C)[C@H](C(=O)N1CCC[C@H]1C(=O)N1CCC[C@H]1C(=O)NC(C)(C)C)C(C)C)C(C)C. The van der Waals surface area contributed by atoms with Crippen molar-refractivity contribution in [2.75, 3.05) is 27.2 Å². The number of carbonyl (C=O) groups is 5. The fourth-order valence-corrected chi connectivity index (χ4v) is 6.30. The minimum absolute atomic E-state index is 0.108. The number of amides is 5. The Bertz CT molecular complexity index is 1050. The maximum atomic E-state index is 14.3. The maximum absolute atomic E-state index is 14.3. The molecule has 0 unspecified atom stereocenters. The maximum Gasteiger partial charge on any atom is 0.248 e. The van der Waals surface area contributed by atoms with Gasteiger partial charge in [-0.15, -0.1) is 0 Å². The van der Waals surface area contributed by atoms with Crippen LogP contribution in [0.3, 0.4) is 0 Å². The number of likely N-dealkylation sites (tertiary alicyclic amines) is 2. The Labute approximate surface area is 259 Å². The van der Waals surface area contributed by atoms with E-state index in [0.29, 0.717) is 32.4 Å². The van der Waals surface area contributed by atoms with Crippen LogP contribution in [0.4, 0.5) is 0 Å². The van der Waals surface area contributed by atoms with E-state index < -0.39 is 35.2 Å². The second-order valence-corrected chi connectivity index (χ2v) is 14.7. The summed E-state index contributed by atoms with van der Waals surface area (Å²) < 4.78 is 0. The zero-order valence-electron chi connectivity index (χ0n) is 28.7. The summed E-state index contributed by atoms with van der Waals surface area (Å²) in [5.74, 6) is -2.02. The molecule has 0 saturated carbocycles. The monoisotopic (exact) mass is 606 g/mol. The molecule has 0 radical (unpaired) electrons. The van der Waals surface area contributed by atoms with Crippen LogP contribution in [0.1, 0.15) is 94.9 Å². The molecule has 11 heteroatoms. The van der Waals surface area contributed by atoms with Gasteiger partial charge in [-0.25, -0.2) is 0 Å². The summed E-state index contributed by atoms with van der Waals surface area (Å²) in [6, 6.07) is -2.86. The number of hydrogen-bond donors (Lipinski definition) is 2. The van der Waals surface area contributed by atoms with Crippen molar-refractivity contribution in [3.05, 3.63) is 0 Å². The molecule has 5 atom stereocenters. The summed E-state index contributed by atoms with van der Waals surface area (Å²) in [5.41, 5.74) is 4.51. The molecule has 2 heterocycles. The van der Waals surface area contributed by atoms with Gasteiger partial charge in [-0.2, -0.15) is 0 Å². The average molecular weight is 607 g/mol. The van der Waals surface area contributed by atoms with E-state index >= 15 is 0 Å². The molecular weight excluding hydrogens is 548 g/mol. The highest BCUT2D eigenvalue weighted by molar-refractivity contribution is 5.98. The molecule has 11 nitrogen and oxygen atoms in total. The molecular formula is C32H58N6O5. The van der Waals surface area contributed by atoms with E-state index in [9.17, 15) is 24.0 Å². The fraction of sp³-hybridized carbons (Fsp3) is 0.844. The first kappa shape index (κ1) is 36.5. The van der Waals surface area contributed by atoms with Crippen molar-refractivity contribution < 1.29 is 24.0 Å². The lowest BCUT2D eigenvalue weighted by Gasteiger charge is -2.46. The highest BCUT2D eigenvalue weighted by atomic mass is 16.2. The largest absolute Gasteiger partial charge is 0.350 e. The van der Waals surface area contributed by atoms with E-state index in [0.717, 1.165) is 6.42 Å². The van der Waals surface area contributed by atoms with Crippen molar-refractivity contribution >= 4 is 29.5 Å². The smallest absolute Gasteiger partial charge is 0.248 e. The number of likely N-dealkylation sites (N-methyl/N-ethyl adjacent to an activating group) is 2. The van der Waals surface area contributed by atoms with Gasteiger partial charge in [0.2, 0.25) is 29.5 Å². The van der Waals surface area contributed by atoms with Crippen LogP contribution >= 0.6 is 0 Å². The predicted molar refractivity (Wildman–Crippen MR) is 168 cm³/mol. The highest BCUT2D eigenvalue weighted by Gasteiger charge is 2.50. The Morgan fingerprint density at radius 1 is 0.814 bits per heavy atom. The molecule has 246 valence electrons. The summed E-state index contributed by atoms with van der Waals surface area (Å²) in [6.07, 6.45) is 2.47. The molecule has 0 bridgehead atoms. The molecule has 43 heavy (non-hydrogen) atoms. The predicted octanol–water partition coefficient (Wildman–Crippen LogP) is 2.22. The van der Waals surface area contributed by atoms with Gasteiger partial charge in [-0.3, -0.25) is 24.0 Å². The zero-order chi connectivity index (χ0) is 33.2. The van der Waals surface area contributed by atoms with Gasteiger partial charge in [-0.1, -0.05) is 41.5 Å². The van der Waals surface area contributed by atoms with Crippen molar-refractivity contribution in [3.8, 4) is 0 Å². The van der Waals surface area contributed by atoms with Gasteiger partial charge in [0.05, 0.1) is 6.04 Å². The van der Waals surface area contributed by atoms with Gasteiger partial charge in [0.25, 0.3) is 0 Å². The van der Waals surface area contributed by atoms with Crippen LogP contribution in [-0.2, 0) is 24.0 Å². The summed E-state index contributed by atoms with van der Waals surface area (Å²) in [6.45, 7) is 19.5. The van der Waals surface area contributed by atoms with Crippen LogP contribution < -0.4 is 11.1 Å². The van der Waals surface area contributed by atoms with E-state index in [1.54, 1.807) is 30.8 Å². The summed E-state index contributed by atoms with van der Waals surface area (Å²) >= 11 is 0. The molecule has 3 N–H and O–H groups in total. The second kappa shape index (κ2) is 13.9. The molecule has 0 aromatic heterocycles. The van der Waals surface area contributed by atoms with Gasteiger partial charge in [0.1, 0.15) is 23.7 Å². The lowest BCUT2D eigenvalue weighted by Crippen LogP contribution is -2.66. The fourth-order valence-electron chi connectivity index (χ4n) is 6.30. The number of carbonyl (C=O) groups excluding carboxylic acids is 5. The molecule has 5 amide bonds. The lowest BCUT2D eigenvalue weighted by molar-refractivity contribution is -0.161. The molecule has 0 spiro atoms. The van der Waals surface area contributed by atoms with E-state index in [-0.39, 0.29) is 47.3 Å². The van der Waals surface area contributed by atoms with Crippen LogP contribution in [0, 0.1) is 17.8 Å². The number of nitrogens with one attached hydrogen (secondary N) is 1. The quantitative estimate of drug-likeness (QED) is 0.392. The Morgan fingerprint density at radius 2 is 1.33 bits per heavy atom. The van der Waals surface area contributed by atoms with Crippen LogP contribution in [0.2, 0.25) is 0 Å². The summed E-state index contributed by atoms with van der Waals surface area (Å²) in [5, 5.41) is 2.99. The normalized spacial score (nSPS) is 22.0. The van der Waals surface area contributed by atoms with E-state index in [4.69, 9.17) is 5.73 Å². The van der Waals surface area contributed by atoms with E-state index in [1.807, 2.05) is 62.3 Å². The Morgan fingerprint density at radius 3 is 1.79 bits per heavy atom. The lowest BCUT2D eigenvalue weighted by atomic mass is 9.83. The summed E-state index contributed by atoms with van der Waals surface area (Å²) in [4.78, 5) is 74.8. The third-order valence-corrected chi connectivity index (χ3v) is 9.37. The van der Waals surface area contributed by atoms with Crippen LogP contribution in [0.15, 0.2) is 0 Å². The van der Waals surface area contributed by atoms with E-state index in [1.165, 1.54) is 9.80 Å². The van der Waals surface area contributed by atoms with E-state index in [2.05, 4.69) is 5.32 Å². The summed E-state index contributed by atoms with van der Waals surface area (Å²) in [7, 11) is 3.20. The first-order valence-electron chi connectivity index (χ1n) is 15.9. The standard InChI is InChI=1S/C32H58N6O5/c1-19(2)24(33)28(41)36(12)32(10,21(5)6)30(43)35(11)25(20(3)4)29(42)38-18-14-16-23(38)27(40)37-17-13-15-22(37)26(39)34-31(7,8)9/h19-25H,13-18,33H2,1-12H3,(H,34,39)/t22-,23-,24-,25-,32-/m0/s1. The third kappa shape index (κ3) is 7.70. The Balaban J connectivity index is 2.35. The first-order chi connectivity index (χ1) is 19.7. The third-order valence-electron chi connectivity index (χ3n) is 9.37. The van der Waals surface area contributed by atoms with Crippen molar-refractivity contribution in [1.82, 2.24) is 24.9 Å². The van der Waals surface area contributed by atoms with Crippen molar-refractivity contribution in [3.63, 3.8) is 0 Å². The number of nitrogens with two attached hydrogens (primary N) is 1. The molecule has 2 aliphatic rings. The van der Waals surface area contributed by atoms with Gasteiger partial charge in [-0.05, 0) is 71.1 Å². The van der Waals surface area contributed by atoms with Gasteiger partial charge in [0.15, 0.2) is 0 Å². The zero-order valence-corrected chi connectivity index (χ0v) is 28.7.